The molecule has 122 valence electrons. The molecule has 1 aromatic heterocycles. The molecule has 1 saturated heterocycles. The number of amides is 1. The molecule has 0 aliphatic carbocycles. The van der Waals surface area contributed by atoms with Crippen molar-refractivity contribution in [1.82, 2.24) is 15.1 Å². The number of aromatic nitrogens is 2. The van der Waals surface area contributed by atoms with Crippen LogP contribution in [0.25, 0.3) is 0 Å². The largest absolute Gasteiger partial charge is 0.326 e. The van der Waals surface area contributed by atoms with Crippen molar-refractivity contribution in [1.29, 1.82) is 0 Å². The van der Waals surface area contributed by atoms with E-state index in [4.69, 9.17) is 0 Å². The molecule has 0 unspecified atom stereocenters. The van der Waals surface area contributed by atoms with Gasteiger partial charge in [-0.15, -0.1) is 21.5 Å². The number of carbonyl (C=O) groups excluding carboxylic acids is 1. The summed E-state index contributed by atoms with van der Waals surface area (Å²) in [7, 11) is 0. The Kier molecular flexibility index (Phi) is 5.03. The van der Waals surface area contributed by atoms with Crippen molar-refractivity contribution < 1.29 is 4.79 Å². The Morgan fingerprint density at radius 3 is 2.57 bits per heavy atom. The molecule has 0 saturated carbocycles. The summed E-state index contributed by atoms with van der Waals surface area (Å²) in [6.07, 6.45) is 1.78. The van der Waals surface area contributed by atoms with Gasteiger partial charge in [-0.3, -0.25) is 9.69 Å². The average molecular weight is 330 g/mol. The van der Waals surface area contributed by atoms with E-state index in [9.17, 15) is 4.79 Å². The molecule has 0 spiro atoms. The molecular weight excluding hydrogens is 308 g/mol. The first-order chi connectivity index (χ1) is 11.1. The van der Waals surface area contributed by atoms with Gasteiger partial charge in [-0.05, 0) is 51.9 Å². The summed E-state index contributed by atoms with van der Waals surface area (Å²) in [6, 6.07) is 9.94. The van der Waals surface area contributed by atoms with Crippen LogP contribution in [0.4, 0.5) is 5.69 Å². The topological polar surface area (TPSA) is 58.1 Å². The second kappa shape index (κ2) is 7.19. The van der Waals surface area contributed by atoms with Crippen LogP contribution in [-0.2, 0) is 4.79 Å². The first kappa shape index (κ1) is 16.1. The van der Waals surface area contributed by atoms with Crippen LogP contribution in [0.5, 0.6) is 0 Å². The molecule has 1 aliphatic rings. The maximum atomic E-state index is 12.4. The molecule has 1 N–H and O–H groups in total. The number of aryl methyl sites for hydroxylation is 1. The fourth-order valence-corrected chi connectivity index (χ4v) is 3.74. The van der Waals surface area contributed by atoms with Crippen LogP contribution >= 0.6 is 11.3 Å². The lowest BCUT2D eigenvalue weighted by Crippen LogP contribution is -2.39. The summed E-state index contributed by atoms with van der Waals surface area (Å²) < 4.78 is 0. The molecule has 1 aliphatic heterocycles. The maximum absolute atomic E-state index is 12.4. The Morgan fingerprint density at radius 1 is 1.26 bits per heavy atom. The van der Waals surface area contributed by atoms with E-state index in [1.54, 1.807) is 11.3 Å². The van der Waals surface area contributed by atoms with Crippen LogP contribution in [0.15, 0.2) is 30.3 Å². The van der Waals surface area contributed by atoms with Crippen molar-refractivity contribution >= 4 is 22.9 Å². The number of rotatable bonds is 4. The summed E-state index contributed by atoms with van der Waals surface area (Å²) in [4.78, 5) is 14.8. The van der Waals surface area contributed by atoms with E-state index < -0.39 is 0 Å². The van der Waals surface area contributed by atoms with Gasteiger partial charge in [0.1, 0.15) is 10.0 Å². The van der Waals surface area contributed by atoms with E-state index in [2.05, 4.69) is 27.3 Å². The average Bonchev–Trinajstić information content (AvgIpc) is 3.02. The predicted molar refractivity (Wildman–Crippen MR) is 92.4 cm³/mol. The lowest BCUT2D eigenvalue weighted by Gasteiger charge is -2.34. The Balaban J connectivity index is 1.53. The van der Waals surface area contributed by atoms with Gasteiger partial charge < -0.3 is 5.32 Å². The number of nitrogens with zero attached hydrogens (tertiary/aromatic N) is 3. The zero-order valence-corrected chi connectivity index (χ0v) is 14.3. The van der Waals surface area contributed by atoms with E-state index in [1.807, 2.05) is 37.3 Å². The second-order valence-electron chi connectivity index (χ2n) is 6.00. The van der Waals surface area contributed by atoms with Crippen molar-refractivity contribution in [2.45, 2.75) is 32.7 Å². The fraction of sp³-hybridized carbons (Fsp3) is 0.471. The van der Waals surface area contributed by atoms with Crippen LogP contribution in [0.3, 0.4) is 0 Å². The molecule has 2 aromatic rings. The highest BCUT2D eigenvalue weighted by molar-refractivity contribution is 7.11. The van der Waals surface area contributed by atoms with Crippen molar-refractivity contribution in [3.05, 3.63) is 40.3 Å². The van der Waals surface area contributed by atoms with Crippen molar-refractivity contribution in [3.8, 4) is 0 Å². The number of likely N-dealkylation sites (tertiary alicyclic amines) is 1. The third-order valence-corrected chi connectivity index (χ3v) is 5.40. The lowest BCUT2D eigenvalue weighted by molar-refractivity contribution is -0.121. The molecule has 1 aromatic carbocycles. The van der Waals surface area contributed by atoms with Crippen LogP contribution in [0.1, 0.15) is 35.8 Å². The molecule has 1 fully saturated rings. The lowest BCUT2D eigenvalue weighted by atomic mass is 9.95. The molecule has 2 heterocycles. The van der Waals surface area contributed by atoms with Gasteiger partial charge in [0.15, 0.2) is 0 Å². The summed E-state index contributed by atoms with van der Waals surface area (Å²) in [5.41, 5.74) is 0.873. The van der Waals surface area contributed by atoms with E-state index >= 15 is 0 Å². The first-order valence-corrected chi connectivity index (χ1v) is 8.85. The SMILES string of the molecule is Cc1nnc([C@H](C)N2CCC(C(=O)Nc3ccccc3)CC2)s1. The van der Waals surface area contributed by atoms with Gasteiger partial charge in [-0.25, -0.2) is 0 Å². The second-order valence-corrected chi connectivity index (χ2v) is 7.21. The molecule has 5 nitrogen and oxygen atoms in total. The smallest absolute Gasteiger partial charge is 0.227 e. The molecule has 1 atom stereocenters. The molecule has 0 bridgehead atoms. The van der Waals surface area contributed by atoms with Gasteiger partial charge in [-0.2, -0.15) is 0 Å². The zero-order chi connectivity index (χ0) is 16.2. The predicted octanol–water partition coefficient (Wildman–Crippen LogP) is 3.26. The number of carbonyl (C=O) groups is 1. The number of benzene rings is 1. The van der Waals surface area contributed by atoms with E-state index in [1.165, 1.54) is 0 Å². The van der Waals surface area contributed by atoms with Gasteiger partial charge in [0.05, 0.1) is 6.04 Å². The molecule has 6 heteroatoms. The number of piperidine rings is 1. The number of hydrogen-bond acceptors (Lipinski definition) is 5. The summed E-state index contributed by atoms with van der Waals surface area (Å²) in [5, 5.41) is 13.4. The summed E-state index contributed by atoms with van der Waals surface area (Å²) in [5.74, 6) is 0.227. The molecular formula is C17H22N4OS. The Labute approximate surface area is 140 Å². The third-order valence-electron chi connectivity index (χ3n) is 4.39. The summed E-state index contributed by atoms with van der Waals surface area (Å²) >= 11 is 1.66. The number of anilines is 1. The quantitative estimate of drug-likeness (QED) is 0.935. The highest BCUT2D eigenvalue weighted by Crippen LogP contribution is 2.28. The maximum Gasteiger partial charge on any atom is 0.227 e. The van der Waals surface area contributed by atoms with Gasteiger partial charge in [-0.1, -0.05) is 18.2 Å². The van der Waals surface area contributed by atoms with E-state index in [0.717, 1.165) is 41.6 Å². The van der Waals surface area contributed by atoms with Crippen LogP contribution in [0, 0.1) is 12.8 Å². The minimum Gasteiger partial charge on any atom is -0.326 e. The Bertz CT molecular complexity index is 650. The third kappa shape index (κ3) is 3.95. The van der Waals surface area contributed by atoms with Crippen molar-refractivity contribution in [3.63, 3.8) is 0 Å². The molecule has 0 radical (unpaired) electrons. The van der Waals surface area contributed by atoms with Gasteiger partial charge >= 0.3 is 0 Å². The number of para-hydroxylation sites is 1. The molecule has 23 heavy (non-hydrogen) atoms. The zero-order valence-electron chi connectivity index (χ0n) is 13.5. The summed E-state index contributed by atoms with van der Waals surface area (Å²) in [6.45, 7) is 6.00. The van der Waals surface area contributed by atoms with E-state index in [0.29, 0.717) is 0 Å². The highest BCUT2D eigenvalue weighted by atomic mass is 32.1. The molecule has 3 rings (SSSR count). The van der Waals surface area contributed by atoms with Gasteiger partial charge in [0, 0.05) is 11.6 Å². The fourth-order valence-electron chi connectivity index (χ4n) is 2.95. The molecule has 1 amide bonds. The Morgan fingerprint density at radius 2 is 1.96 bits per heavy atom. The minimum atomic E-state index is 0.0924. The van der Waals surface area contributed by atoms with Crippen LogP contribution in [0.2, 0.25) is 0 Å². The number of nitrogens with one attached hydrogen (secondary N) is 1. The highest BCUT2D eigenvalue weighted by Gasteiger charge is 2.28. The first-order valence-electron chi connectivity index (χ1n) is 8.03. The standard InChI is InChI=1S/C17H22N4OS/c1-12(17-20-19-13(2)23-17)21-10-8-14(9-11-21)16(22)18-15-6-4-3-5-7-15/h3-7,12,14H,8-11H2,1-2H3,(H,18,22)/t12-/m0/s1. The minimum absolute atomic E-state index is 0.0924. The van der Waals surface area contributed by atoms with Gasteiger partial charge in [0.25, 0.3) is 0 Å². The van der Waals surface area contributed by atoms with Crippen molar-refractivity contribution in [2.24, 2.45) is 5.92 Å². The number of hydrogen-bond donors (Lipinski definition) is 1. The monoisotopic (exact) mass is 330 g/mol. The van der Waals surface area contributed by atoms with Crippen LogP contribution < -0.4 is 5.32 Å². The normalized spacial score (nSPS) is 17.8. The van der Waals surface area contributed by atoms with Gasteiger partial charge in [0.2, 0.25) is 5.91 Å². The van der Waals surface area contributed by atoms with E-state index in [-0.39, 0.29) is 17.9 Å². The van der Waals surface area contributed by atoms with Crippen LogP contribution in [-0.4, -0.2) is 34.1 Å². The van der Waals surface area contributed by atoms with Crippen molar-refractivity contribution in [2.75, 3.05) is 18.4 Å². The Hall–Kier alpha value is -1.79.